The van der Waals surface area contributed by atoms with E-state index in [0.29, 0.717) is 5.69 Å². The molecular weight excluding hydrogens is 341 g/mol. The van der Waals surface area contributed by atoms with E-state index in [2.05, 4.69) is 5.48 Å². The first-order valence-corrected chi connectivity index (χ1v) is 7.71. The van der Waals surface area contributed by atoms with Gasteiger partial charge in [-0.05, 0) is 36.4 Å². The molecule has 0 aliphatic carbocycles. The van der Waals surface area contributed by atoms with Gasteiger partial charge < -0.3 is 15.5 Å². The molecule has 2 rings (SSSR count). The van der Waals surface area contributed by atoms with Crippen molar-refractivity contribution in [3.63, 3.8) is 0 Å². The molecule has 26 heavy (non-hydrogen) atoms. The second-order valence-electron chi connectivity index (χ2n) is 5.47. The Kier molecular flexibility index (Phi) is 6.40. The van der Waals surface area contributed by atoms with Gasteiger partial charge in [0.05, 0.1) is 12.0 Å². The van der Waals surface area contributed by atoms with E-state index in [1.54, 1.807) is 30.3 Å². The molecule has 1 unspecified atom stereocenters. The van der Waals surface area contributed by atoms with Crippen LogP contribution >= 0.6 is 0 Å². The van der Waals surface area contributed by atoms with Crippen molar-refractivity contribution in [2.45, 2.75) is 12.5 Å². The summed E-state index contributed by atoms with van der Waals surface area (Å²) in [5.41, 5.74) is 8.14. The Hall–Kier alpha value is -3.26. The zero-order valence-electron chi connectivity index (χ0n) is 14.0. The van der Waals surface area contributed by atoms with Crippen molar-refractivity contribution in [3.05, 3.63) is 66.0 Å². The van der Waals surface area contributed by atoms with Gasteiger partial charge in [-0.1, -0.05) is 18.2 Å². The van der Waals surface area contributed by atoms with E-state index in [0.717, 1.165) is 0 Å². The Morgan fingerprint density at radius 1 is 1.12 bits per heavy atom. The van der Waals surface area contributed by atoms with Gasteiger partial charge in [-0.15, -0.1) is 5.48 Å². The van der Waals surface area contributed by atoms with Crippen LogP contribution in [0.15, 0.2) is 54.6 Å². The van der Waals surface area contributed by atoms with Crippen LogP contribution in [0, 0.1) is 5.82 Å². The van der Waals surface area contributed by atoms with Crippen molar-refractivity contribution < 1.29 is 23.6 Å². The third-order valence-corrected chi connectivity index (χ3v) is 3.55. The molecule has 2 aromatic carbocycles. The van der Waals surface area contributed by atoms with Crippen LogP contribution in [0.3, 0.4) is 0 Å². The summed E-state index contributed by atoms with van der Waals surface area (Å²) in [5.74, 6) is -2.48. The first kappa shape index (κ1) is 19.1. The van der Waals surface area contributed by atoms with Gasteiger partial charge in [-0.2, -0.15) is 0 Å². The minimum Gasteiger partial charge on any atom is -0.370 e. The van der Waals surface area contributed by atoms with Gasteiger partial charge in [0.25, 0.3) is 0 Å². The van der Waals surface area contributed by atoms with Gasteiger partial charge in [-0.25, -0.2) is 9.18 Å². The molecule has 0 spiro atoms. The van der Waals surface area contributed by atoms with Crippen LogP contribution in [-0.4, -0.2) is 30.9 Å². The fourth-order valence-corrected chi connectivity index (χ4v) is 2.16. The average molecular weight is 359 g/mol. The lowest BCUT2D eigenvalue weighted by molar-refractivity contribution is -0.128. The monoisotopic (exact) mass is 359 g/mol. The number of hydrogen-bond donors (Lipinski definition) is 2. The van der Waals surface area contributed by atoms with Crippen LogP contribution in [0.25, 0.3) is 0 Å². The third kappa shape index (κ3) is 5.12. The highest BCUT2D eigenvalue weighted by atomic mass is 19.1. The number of hydrogen-bond acceptors (Lipinski definition) is 5. The van der Waals surface area contributed by atoms with Gasteiger partial charge in [0, 0.05) is 12.7 Å². The summed E-state index contributed by atoms with van der Waals surface area (Å²) >= 11 is 0. The zero-order valence-corrected chi connectivity index (χ0v) is 14.0. The first-order valence-electron chi connectivity index (χ1n) is 7.71. The molecule has 7 nitrogen and oxygen atoms in total. The second kappa shape index (κ2) is 8.72. The maximum absolute atomic E-state index is 13.0. The van der Waals surface area contributed by atoms with E-state index in [1.807, 2.05) is 0 Å². The molecule has 0 radical (unpaired) electrons. The molecule has 2 amide bonds. The maximum atomic E-state index is 13.0. The number of nitrogens with two attached hydrogens (primary N) is 1. The molecular formula is C18H18FN3O4. The second-order valence-corrected chi connectivity index (χ2v) is 5.47. The Morgan fingerprint density at radius 2 is 1.73 bits per heavy atom. The van der Waals surface area contributed by atoms with Crippen LogP contribution < -0.4 is 16.1 Å². The lowest BCUT2D eigenvalue weighted by Crippen LogP contribution is -2.47. The van der Waals surface area contributed by atoms with Crippen molar-refractivity contribution in [2.75, 3.05) is 11.9 Å². The van der Waals surface area contributed by atoms with Crippen molar-refractivity contribution in [1.82, 2.24) is 5.48 Å². The van der Waals surface area contributed by atoms with Gasteiger partial charge in [-0.3, -0.25) is 9.59 Å². The van der Waals surface area contributed by atoms with Crippen LogP contribution in [0.2, 0.25) is 0 Å². The Morgan fingerprint density at radius 3 is 2.31 bits per heavy atom. The summed E-state index contributed by atoms with van der Waals surface area (Å²) in [5, 5.41) is 0. The topological polar surface area (TPSA) is 102 Å². The van der Waals surface area contributed by atoms with Gasteiger partial charge in [0.1, 0.15) is 11.9 Å². The predicted octanol–water partition coefficient (Wildman–Crippen LogP) is 1.39. The number of carbonyl (C=O) groups excluding carboxylic acids is 3. The quantitative estimate of drug-likeness (QED) is 0.728. The number of anilines is 1. The molecule has 2 aromatic rings. The minimum absolute atomic E-state index is 0.275. The maximum Gasteiger partial charge on any atom is 0.356 e. The lowest BCUT2D eigenvalue weighted by Gasteiger charge is -2.23. The highest BCUT2D eigenvalue weighted by molar-refractivity contribution is 5.99. The Labute approximate surface area is 149 Å². The first-order chi connectivity index (χ1) is 12.4. The summed E-state index contributed by atoms with van der Waals surface area (Å²) in [6.07, 6.45) is -0.383. The normalized spacial score (nSPS) is 11.5. The fourth-order valence-electron chi connectivity index (χ4n) is 2.16. The number of likely N-dealkylation sites (N-methyl/N-ethyl adjacent to an activating group) is 1. The van der Waals surface area contributed by atoms with Crippen molar-refractivity contribution >= 4 is 23.5 Å². The number of nitrogens with one attached hydrogen (secondary N) is 1. The van der Waals surface area contributed by atoms with E-state index in [4.69, 9.17) is 10.6 Å². The number of hydroxylamine groups is 1. The van der Waals surface area contributed by atoms with Crippen molar-refractivity contribution in [2.24, 2.45) is 5.73 Å². The molecule has 0 saturated heterocycles. The molecule has 136 valence electrons. The number of rotatable bonds is 7. The van der Waals surface area contributed by atoms with Gasteiger partial charge >= 0.3 is 5.97 Å². The van der Waals surface area contributed by atoms with Crippen LogP contribution in [-0.2, 0) is 14.4 Å². The summed E-state index contributed by atoms with van der Waals surface area (Å²) in [6.45, 7) is 0. The summed E-state index contributed by atoms with van der Waals surface area (Å²) in [7, 11) is 1.45. The van der Waals surface area contributed by atoms with Crippen molar-refractivity contribution in [1.29, 1.82) is 0 Å². The third-order valence-electron chi connectivity index (χ3n) is 3.55. The number of halogens is 1. The molecule has 0 aromatic heterocycles. The number of primary amides is 1. The van der Waals surface area contributed by atoms with Gasteiger partial charge in [0.15, 0.2) is 0 Å². The smallest absolute Gasteiger partial charge is 0.356 e. The number of carbonyl (C=O) groups is 3. The van der Waals surface area contributed by atoms with E-state index >= 15 is 0 Å². The SMILES string of the molecule is CN(C(=O)C(CC(N)=O)NOC(=O)c1ccccc1)c1ccc(F)cc1. The number of benzene rings is 2. The Balaban J connectivity index is 2.08. The van der Waals surface area contributed by atoms with Gasteiger partial charge in [0.2, 0.25) is 11.8 Å². The summed E-state index contributed by atoms with van der Waals surface area (Å²) < 4.78 is 13.0. The lowest BCUT2D eigenvalue weighted by atomic mass is 10.1. The minimum atomic E-state index is -1.18. The molecule has 1 atom stereocenters. The van der Waals surface area contributed by atoms with E-state index in [1.165, 1.54) is 36.2 Å². The van der Waals surface area contributed by atoms with E-state index in [-0.39, 0.29) is 12.0 Å². The zero-order chi connectivity index (χ0) is 19.1. The highest BCUT2D eigenvalue weighted by Gasteiger charge is 2.26. The molecule has 0 heterocycles. The van der Waals surface area contributed by atoms with Crippen LogP contribution in [0.4, 0.5) is 10.1 Å². The molecule has 8 heteroatoms. The summed E-state index contributed by atoms with van der Waals surface area (Å²) in [6, 6.07) is 12.2. The predicted molar refractivity (Wildman–Crippen MR) is 92.4 cm³/mol. The van der Waals surface area contributed by atoms with E-state index in [9.17, 15) is 18.8 Å². The Bertz CT molecular complexity index is 781. The molecule has 0 fully saturated rings. The van der Waals surface area contributed by atoms with Crippen molar-refractivity contribution in [3.8, 4) is 0 Å². The molecule has 0 saturated carbocycles. The fraction of sp³-hybridized carbons (Fsp3) is 0.167. The highest BCUT2D eigenvalue weighted by Crippen LogP contribution is 2.15. The molecule has 0 aliphatic heterocycles. The summed E-state index contributed by atoms with van der Waals surface area (Å²) in [4.78, 5) is 41.9. The average Bonchev–Trinajstić information content (AvgIpc) is 2.64. The standard InChI is InChI=1S/C18H18FN3O4/c1-22(14-9-7-13(19)8-10-14)17(24)15(11-16(20)23)21-26-18(25)12-5-3-2-4-6-12/h2-10,15,21H,11H2,1H3,(H2,20,23). The molecule has 0 aliphatic rings. The number of nitrogens with zero attached hydrogens (tertiary/aromatic N) is 1. The number of amides is 2. The largest absolute Gasteiger partial charge is 0.370 e. The van der Waals surface area contributed by atoms with Crippen LogP contribution in [0.1, 0.15) is 16.8 Å². The molecule has 0 bridgehead atoms. The molecule has 3 N–H and O–H groups in total. The van der Waals surface area contributed by atoms with Crippen LogP contribution in [0.5, 0.6) is 0 Å². The van der Waals surface area contributed by atoms with E-state index < -0.39 is 29.6 Å².